The highest BCUT2D eigenvalue weighted by molar-refractivity contribution is 4.89. The molecule has 0 aromatic heterocycles. The first-order valence-corrected chi connectivity index (χ1v) is 7.87. The monoisotopic (exact) mass is 252 g/mol. The topological polar surface area (TPSA) is 24.5 Å². The lowest BCUT2D eigenvalue weighted by molar-refractivity contribution is -0.0518. The summed E-state index contributed by atoms with van der Waals surface area (Å²) in [6.07, 6.45) is 8.24. The van der Waals surface area contributed by atoms with Gasteiger partial charge in [-0.05, 0) is 64.1 Å². The van der Waals surface area contributed by atoms with Crippen LogP contribution in [0.25, 0.3) is 0 Å². The highest BCUT2D eigenvalue weighted by atomic mass is 16.5. The van der Waals surface area contributed by atoms with Crippen LogP contribution in [0.5, 0.6) is 0 Å². The SMILES string of the molecule is C1CNCC(CN2CCCC3(CCCOC3)C2)C1. The number of ether oxygens (including phenoxy) is 1. The second-order valence-electron chi connectivity index (χ2n) is 6.71. The summed E-state index contributed by atoms with van der Waals surface area (Å²) >= 11 is 0. The molecule has 1 spiro atoms. The number of rotatable bonds is 2. The van der Waals surface area contributed by atoms with Crippen LogP contribution in [0.3, 0.4) is 0 Å². The van der Waals surface area contributed by atoms with Crippen LogP contribution >= 0.6 is 0 Å². The Morgan fingerprint density at radius 2 is 2.17 bits per heavy atom. The van der Waals surface area contributed by atoms with Crippen LogP contribution in [-0.2, 0) is 4.74 Å². The maximum absolute atomic E-state index is 5.76. The van der Waals surface area contributed by atoms with Gasteiger partial charge in [0.1, 0.15) is 0 Å². The molecule has 104 valence electrons. The highest BCUT2D eigenvalue weighted by Crippen LogP contribution is 2.37. The lowest BCUT2D eigenvalue weighted by Crippen LogP contribution is -2.49. The van der Waals surface area contributed by atoms with Crippen LogP contribution < -0.4 is 5.32 Å². The van der Waals surface area contributed by atoms with E-state index in [0.717, 1.165) is 19.1 Å². The zero-order valence-corrected chi connectivity index (χ0v) is 11.6. The van der Waals surface area contributed by atoms with Gasteiger partial charge in [0.25, 0.3) is 0 Å². The van der Waals surface area contributed by atoms with Crippen LogP contribution in [0.1, 0.15) is 38.5 Å². The molecule has 3 aliphatic rings. The van der Waals surface area contributed by atoms with Crippen molar-refractivity contribution in [3.05, 3.63) is 0 Å². The molecule has 3 fully saturated rings. The van der Waals surface area contributed by atoms with E-state index in [1.807, 2.05) is 0 Å². The molecular formula is C15H28N2O. The molecule has 0 aromatic rings. The Balaban J connectivity index is 1.52. The van der Waals surface area contributed by atoms with E-state index in [1.54, 1.807) is 0 Å². The predicted octanol–water partition coefficient (Wildman–Crippen LogP) is 1.88. The lowest BCUT2D eigenvalue weighted by atomic mass is 9.75. The number of hydrogen-bond acceptors (Lipinski definition) is 3. The van der Waals surface area contributed by atoms with Gasteiger partial charge in [0.05, 0.1) is 6.61 Å². The normalized spacial score (nSPS) is 39.0. The fraction of sp³-hybridized carbons (Fsp3) is 1.00. The molecular weight excluding hydrogens is 224 g/mol. The maximum atomic E-state index is 5.76. The smallest absolute Gasteiger partial charge is 0.0534 e. The van der Waals surface area contributed by atoms with Gasteiger partial charge >= 0.3 is 0 Å². The molecule has 3 rings (SSSR count). The standard InChI is InChI=1S/C15H28N2O/c1-4-14(10-16-7-1)11-17-8-2-5-15(12-17)6-3-9-18-13-15/h14,16H,1-13H2. The van der Waals surface area contributed by atoms with E-state index in [2.05, 4.69) is 10.2 Å². The summed E-state index contributed by atoms with van der Waals surface area (Å²) in [4.78, 5) is 2.73. The predicted molar refractivity (Wildman–Crippen MR) is 73.8 cm³/mol. The summed E-state index contributed by atoms with van der Waals surface area (Å²) in [5.41, 5.74) is 0.512. The van der Waals surface area contributed by atoms with Crippen LogP contribution in [-0.4, -0.2) is 50.8 Å². The molecule has 0 bridgehead atoms. The minimum Gasteiger partial charge on any atom is -0.381 e. The quantitative estimate of drug-likeness (QED) is 0.812. The summed E-state index contributed by atoms with van der Waals surface area (Å²) in [6, 6.07) is 0. The molecule has 3 saturated heterocycles. The van der Waals surface area contributed by atoms with Crippen molar-refractivity contribution in [3.8, 4) is 0 Å². The Morgan fingerprint density at radius 1 is 1.22 bits per heavy atom. The zero-order valence-electron chi connectivity index (χ0n) is 11.6. The summed E-state index contributed by atoms with van der Waals surface area (Å²) < 4.78 is 5.76. The van der Waals surface area contributed by atoms with Gasteiger partial charge in [-0.3, -0.25) is 0 Å². The minimum atomic E-state index is 0.512. The third-order valence-corrected chi connectivity index (χ3v) is 5.06. The number of nitrogens with zero attached hydrogens (tertiary/aromatic N) is 1. The van der Waals surface area contributed by atoms with Crippen molar-refractivity contribution in [1.82, 2.24) is 10.2 Å². The van der Waals surface area contributed by atoms with Gasteiger partial charge in [0.2, 0.25) is 0 Å². The first kappa shape index (κ1) is 12.9. The van der Waals surface area contributed by atoms with Gasteiger partial charge in [0, 0.05) is 25.1 Å². The zero-order chi connectivity index (χ0) is 12.3. The van der Waals surface area contributed by atoms with Crippen molar-refractivity contribution >= 4 is 0 Å². The first-order chi connectivity index (χ1) is 8.86. The van der Waals surface area contributed by atoms with E-state index >= 15 is 0 Å². The summed E-state index contributed by atoms with van der Waals surface area (Å²) in [7, 11) is 0. The van der Waals surface area contributed by atoms with Crippen molar-refractivity contribution in [2.24, 2.45) is 11.3 Å². The van der Waals surface area contributed by atoms with Crippen molar-refractivity contribution < 1.29 is 4.74 Å². The average Bonchev–Trinajstić information content (AvgIpc) is 2.41. The number of nitrogens with one attached hydrogen (secondary N) is 1. The lowest BCUT2D eigenvalue weighted by Gasteiger charge is -2.46. The van der Waals surface area contributed by atoms with Gasteiger partial charge in [0.15, 0.2) is 0 Å². The molecule has 3 heteroatoms. The third kappa shape index (κ3) is 3.06. The van der Waals surface area contributed by atoms with E-state index in [4.69, 9.17) is 4.74 Å². The number of hydrogen-bond donors (Lipinski definition) is 1. The Bertz CT molecular complexity index is 252. The molecule has 3 heterocycles. The summed E-state index contributed by atoms with van der Waals surface area (Å²) in [5.74, 6) is 0.887. The van der Waals surface area contributed by atoms with E-state index < -0.39 is 0 Å². The summed E-state index contributed by atoms with van der Waals surface area (Å²) in [5, 5.41) is 3.54. The van der Waals surface area contributed by atoms with Crippen molar-refractivity contribution in [3.63, 3.8) is 0 Å². The highest BCUT2D eigenvalue weighted by Gasteiger charge is 2.37. The van der Waals surface area contributed by atoms with E-state index in [9.17, 15) is 0 Å². The van der Waals surface area contributed by atoms with E-state index in [-0.39, 0.29) is 0 Å². The molecule has 0 radical (unpaired) electrons. The molecule has 0 aliphatic carbocycles. The van der Waals surface area contributed by atoms with Crippen LogP contribution in [0.4, 0.5) is 0 Å². The molecule has 0 aromatic carbocycles. The first-order valence-electron chi connectivity index (χ1n) is 7.87. The fourth-order valence-electron chi connectivity index (χ4n) is 4.14. The summed E-state index contributed by atoms with van der Waals surface area (Å²) in [6.45, 7) is 8.41. The molecule has 2 unspecified atom stereocenters. The third-order valence-electron chi connectivity index (χ3n) is 5.06. The molecule has 1 N–H and O–H groups in total. The Hall–Kier alpha value is -0.120. The maximum Gasteiger partial charge on any atom is 0.0534 e. The molecule has 18 heavy (non-hydrogen) atoms. The number of piperidine rings is 2. The van der Waals surface area contributed by atoms with Crippen LogP contribution in [0, 0.1) is 11.3 Å². The van der Waals surface area contributed by atoms with Gasteiger partial charge in [-0.1, -0.05) is 0 Å². The molecule has 2 atom stereocenters. The second-order valence-corrected chi connectivity index (χ2v) is 6.71. The number of likely N-dealkylation sites (tertiary alicyclic amines) is 1. The molecule has 0 amide bonds. The van der Waals surface area contributed by atoms with Crippen LogP contribution in [0.15, 0.2) is 0 Å². The van der Waals surface area contributed by atoms with Crippen molar-refractivity contribution in [2.45, 2.75) is 38.5 Å². The molecule has 3 nitrogen and oxygen atoms in total. The largest absolute Gasteiger partial charge is 0.381 e. The van der Waals surface area contributed by atoms with E-state index in [1.165, 1.54) is 71.2 Å². The van der Waals surface area contributed by atoms with Crippen LogP contribution in [0.2, 0.25) is 0 Å². The fourth-order valence-corrected chi connectivity index (χ4v) is 4.14. The Morgan fingerprint density at radius 3 is 2.94 bits per heavy atom. The van der Waals surface area contributed by atoms with E-state index in [0.29, 0.717) is 5.41 Å². The van der Waals surface area contributed by atoms with Gasteiger partial charge < -0.3 is 15.0 Å². The van der Waals surface area contributed by atoms with Gasteiger partial charge in [-0.2, -0.15) is 0 Å². The van der Waals surface area contributed by atoms with Crippen molar-refractivity contribution in [2.75, 3.05) is 45.9 Å². The molecule has 3 aliphatic heterocycles. The minimum absolute atomic E-state index is 0.512. The average molecular weight is 252 g/mol. The molecule has 0 saturated carbocycles. The Labute approximate surface area is 111 Å². The Kier molecular flexibility index (Phi) is 4.22. The van der Waals surface area contributed by atoms with Gasteiger partial charge in [-0.25, -0.2) is 0 Å². The van der Waals surface area contributed by atoms with Crippen molar-refractivity contribution in [1.29, 1.82) is 0 Å². The van der Waals surface area contributed by atoms with Gasteiger partial charge in [-0.15, -0.1) is 0 Å². The second kappa shape index (κ2) is 5.89.